The van der Waals surface area contributed by atoms with E-state index in [2.05, 4.69) is 139 Å². The van der Waals surface area contributed by atoms with Crippen LogP contribution in [0.25, 0.3) is 63.6 Å². The summed E-state index contributed by atoms with van der Waals surface area (Å²) in [7, 11) is 0. The van der Waals surface area contributed by atoms with Crippen molar-refractivity contribution in [2.75, 3.05) is 5.32 Å². The molecule has 0 fully saturated rings. The highest BCUT2D eigenvalue weighted by molar-refractivity contribution is 7.26. The summed E-state index contributed by atoms with van der Waals surface area (Å²) in [6.45, 7) is 0. The Morgan fingerprint density at radius 3 is 1.89 bits per heavy atom. The van der Waals surface area contributed by atoms with Gasteiger partial charge < -0.3 is 5.32 Å². The third kappa shape index (κ3) is 3.31. The lowest BCUT2D eigenvalue weighted by molar-refractivity contribution is 1.58. The molecule has 178 valence electrons. The van der Waals surface area contributed by atoms with Gasteiger partial charge in [0, 0.05) is 21.2 Å². The molecule has 0 radical (unpaired) electrons. The fraction of sp³-hybridized carbons (Fsp3) is 0. The topological polar surface area (TPSA) is 12.0 Å². The Labute approximate surface area is 224 Å². The van der Waals surface area contributed by atoms with Crippen molar-refractivity contribution in [3.63, 3.8) is 0 Å². The Kier molecular flexibility index (Phi) is 4.76. The lowest BCUT2D eigenvalue weighted by Crippen LogP contribution is -1.91. The number of thiophene rings is 1. The summed E-state index contributed by atoms with van der Waals surface area (Å²) >= 11 is 1.88. The normalized spacial score (nSPS) is 11.7. The second-order valence-corrected chi connectivity index (χ2v) is 10.9. The fourth-order valence-corrected chi connectivity index (χ4v) is 7.05. The van der Waals surface area contributed by atoms with E-state index in [9.17, 15) is 0 Å². The van der Waals surface area contributed by atoms with Gasteiger partial charge in [-0.3, -0.25) is 0 Å². The number of benzene rings is 7. The van der Waals surface area contributed by atoms with Crippen molar-refractivity contribution in [1.82, 2.24) is 0 Å². The predicted molar refractivity (Wildman–Crippen MR) is 167 cm³/mol. The molecular formula is C36H23NS. The highest BCUT2D eigenvalue weighted by Gasteiger charge is 2.16. The van der Waals surface area contributed by atoms with Gasteiger partial charge in [0.15, 0.2) is 0 Å². The predicted octanol–water partition coefficient (Wildman–Crippen LogP) is 10.9. The molecule has 0 atom stereocenters. The molecule has 0 saturated heterocycles. The monoisotopic (exact) mass is 501 g/mol. The van der Waals surface area contributed by atoms with Crippen LogP contribution in [0.5, 0.6) is 0 Å². The molecule has 38 heavy (non-hydrogen) atoms. The zero-order valence-electron chi connectivity index (χ0n) is 20.6. The van der Waals surface area contributed by atoms with Crippen LogP contribution in [-0.4, -0.2) is 0 Å². The van der Waals surface area contributed by atoms with Crippen LogP contribution in [0.2, 0.25) is 0 Å². The molecule has 7 aromatic carbocycles. The molecule has 0 unspecified atom stereocenters. The lowest BCUT2D eigenvalue weighted by atomic mass is 9.98. The number of hydrogen-bond donors (Lipinski definition) is 1. The minimum atomic E-state index is 1.09. The number of nitrogens with one attached hydrogen (secondary N) is 1. The summed E-state index contributed by atoms with van der Waals surface area (Å²) in [6.07, 6.45) is 0. The Bertz CT molecular complexity index is 2150. The quantitative estimate of drug-likeness (QED) is 0.254. The van der Waals surface area contributed by atoms with Crippen LogP contribution >= 0.6 is 11.3 Å². The summed E-state index contributed by atoms with van der Waals surface area (Å²) in [5, 5.41) is 14.2. The molecule has 2 heteroatoms. The van der Waals surface area contributed by atoms with Gasteiger partial charge in [0.05, 0.1) is 10.4 Å². The highest BCUT2D eigenvalue weighted by Crippen LogP contribution is 2.46. The molecule has 0 aliphatic carbocycles. The van der Waals surface area contributed by atoms with Gasteiger partial charge in [0.25, 0.3) is 0 Å². The van der Waals surface area contributed by atoms with Crippen molar-refractivity contribution in [2.45, 2.75) is 0 Å². The maximum absolute atomic E-state index is 3.77. The van der Waals surface area contributed by atoms with Gasteiger partial charge in [-0.1, -0.05) is 109 Å². The molecule has 0 bridgehead atoms. The van der Waals surface area contributed by atoms with E-state index in [1.165, 1.54) is 63.6 Å². The average molecular weight is 502 g/mol. The van der Waals surface area contributed by atoms with E-state index in [0.29, 0.717) is 0 Å². The molecule has 1 heterocycles. The third-order valence-corrected chi connectivity index (χ3v) is 8.81. The first-order valence-corrected chi connectivity index (χ1v) is 13.8. The summed E-state index contributed by atoms with van der Waals surface area (Å²) in [5.74, 6) is 0. The van der Waals surface area contributed by atoms with Gasteiger partial charge in [0.2, 0.25) is 0 Å². The maximum Gasteiger partial charge on any atom is 0.0597 e. The van der Waals surface area contributed by atoms with E-state index in [1.54, 1.807) is 0 Å². The van der Waals surface area contributed by atoms with E-state index in [0.717, 1.165) is 11.4 Å². The number of hydrogen-bond acceptors (Lipinski definition) is 2. The summed E-state index contributed by atoms with van der Waals surface area (Å²) in [6, 6.07) is 48.3. The van der Waals surface area contributed by atoms with Crippen LogP contribution in [0.3, 0.4) is 0 Å². The van der Waals surface area contributed by atoms with Gasteiger partial charge in [-0.2, -0.15) is 0 Å². The molecule has 0 aliphatic heterocycles. The SMILES string of the molecule is c1ccc2c(-c3ccc(Nc4cc5ccccc5c5c4sc4ccc6ccccc6c45)cc3)cccc2c1. The zero-order chi connectivity index (χ0) is 25.1. The molecule has 8 rings (SSSR count). The molecule has 0 aliphatic rings. The minimum Gasteiger partial charge on any atom is -0.354 e. The fourth-order valence-electron chi connectivity index (χ4n) is 5.85. The summed E-state index contributed by atoms with van der Waals surface area (Å²) in [4.78, 5) is 0. The largest absolute Gasteiger partial charge is 0.354 e. The van der Waals surface area contributed by atoms with Crippen LogP contribution in [0, 0.1) is 0 Å². The smallest absolute Gasteiger partial charge is 0.0597 e. The van der Waals surface area contributed by atoms with Crippen LogP contribution in [0.1, 0.15) is 0 Å². The lowest BCUT2D eigenvalue weighted by Gasteiger charge is -2.12. The Morgan fingerprint density at radius 2 is 1.11 bits per heavy atom. The molecular weight excluding hydrogens is 478 g/mol. The molecule has 1 aromatic heterocycles. The average Bonchev–Trinajstić information content (AvgIpc) is 3.38. The first-order valence-electron chi connectivity index (χ1n) is 12.9. The standard InChI is InChI=1S/C36H23NS/c1-4-12-28-23(8-1)11-7-15-29(28)25-16-19-27(20-17-25)37-32-22-26-10-3-6-14-31(26)35-34-30-13-5-2-9-24(30)18-21-33(34)38-36(32)35/h1-22,37H. The Hall–Kier alpha value is -4.66. The van der Waals surface area contributed by atoms with Gasteiger partial charge in [0.1, 0.15) is 0 Å². The van der Waals surface area contributed by atoms with Crippen molar-refractivity contribution in [1.29, 1.82) is 0 Å². The van der Waals surface area contributed by atoms with Crippen LogP contribution in [-0.2, 0) is 0 Å². The van der Waals surface area contributed by atoms with Crippen molar-refractivity contribution < 1.29 is 0 Å². The third-order valence-electron chi connectivity index (χ3n) is 7.62. The molecule has 1 N–H and O–H groups in total. The van der Waals surface area contributed by atoms with Gasteiger partial charge in [-0.05, 0) is 67.7 Å². The van der Waals surface area contributed by atoms with Gasteiger partial charge >= 0.3 is 0 Å². The Balaban J connectivity index is 1.29. The van der Waals surface area contributed by atoms with Gasteiger partial charge in [-0.15, -0.1) is 11.3 Å². The minimum absolute atomic E-state index is 1.09. The zero-order valence-corrected chi connectivity index (χ0v) is 21.4. The van der Waals surface area contributed by atoms with Crippen LogP contribution in [0.15, 0.2) is 133 Å². The van der Waals surface area contributed by atoms with E-state index in [-0.39, 0.29) is 0 Å². The number of anilines is 2. The maximum atomic E-state index is 3.77. The van der Waals surface area contributed by atoms with Crippen molar-refractivity contribution in [3.05, 3.63) is 133 Å². The summed E-state index contributed by atoms with van der Waals surface area (Å²) < 4.78 is 2.62. The van der Waals surface area contributed by atoms with Gasteiger partial charge in [-0.25, -0.2) is 0 Å². The van der Waals surface area contributed by atoms with E-state index in [4.69, 9.17) is 0 Å². The Morgan fingerprint density at radius 1 is 0.474 bits per heavy atom. The van der Waals surface area contributed by atoms with E-state index in [1.807, 2.05) is 11.3 Å². The number of fused-ring (bicyclic) bond motifs is 8. The second-order valence-electron chi connectivity index (χ2n) is 9.84. The van der Waals surface area contributed by atoms with Crippen molar-refractivity contribution in [3.8, 4) is 11.1 Å². The first kappa shape index (κ1) is 21.4. The second kappa shape index (κ2) is 8.44. The highest BCUT2D eigenvalue weighted by atomic mass is 32.1. The summed E-state index contributed by atoms with van der Waals surface area (Å²) in [5.41, 5.74) is 4.73. The van der Waals surface area contributed by atoms with Crippen molar-refractivity contribution >= 4 is 75.2 Å². The molecule has 0 amide bonds. The molecule has 8 aromatic rings. The van der Waals surface area contributed by atoms with Crippen molar-refractivity contribution in [2.24, 2.45) is 0 Å². The van der Waals surface area contributed by atoms with E-state index < -0.39 is 0 Å². The molecule has 1 nitrogen and oxygen atoms in total. The first-order chi connectivity index (χ1) is 18.8. The molecule has 0 saturated carbocycles. The van der Waals surface area contributed by atoms with Crippen LogP contribution < -0.4 is 5.32 Å². The van der Waals surface area contributed by atoms with E-state index >= 15 is 0 Å². The molecule has 0 spiro atoms. The number of rotatable bonds is 3. The van der Waals surface area contributed by atoms with Crippen LogP contribution in [0.4, 0.5) is 11.4 Å².